The zero-order chi connectivity index (χ0) is 24.3. The fraction of sp³-hybridized carbons (Fsp3) is 0.500. The monoisotopic (exact) mass is 483 g/mol. The number of thiophene rings is 1. The van der Waals surface area contributed by atoms with Crippen molar-refractivity contribution in [1.29, 1.82) is 0 Å². The van der Waals surface area contributed by atoms with E-state index in [0.29, 0.717) is 50.4 Å². The molecule has 1 spiro atoms. The zero-order valence-electron chi connectivity index (χ0n) is 20.1. The third-order valence-corrected chi connectivity index (χ3v) is 7.52. The lowest BCUT2D eigenvalue weighted by molar-refractivity contribution is -0.143. The molecule has 0 aliphatic carbocycles. The van der Waals surface area contributed by atoms with Crippen LogP contribution in [-0.2, 0) is 20.7 Å². The van der Waals surface area contributed by atoms with Gasteiger partial charge in [0.05, 0.1) is 13.0 Å². The number of amides is 3. The van der Waals surface area contributed by atoms with Crippen LogP contribution in [0, 0.1) is 12.8 Å². The number of likely N-dealkylation sites (tertiary alicyclic amines) is 1. The van der Waals surface area contributed by atoms with Gasteiger partial charge in [-0.1, -0.05) is 38.1 Å². The van der Waals surface area contributed by atoms with Crippen molar-refractivity contribution in [2.75, 3.05) is 26.2 Å². The van der Waals surface area contributed by atoms with Gasteiger partial charge in [-0.3, -0.25) is 19.3 Å². The molecule has 2 fully saturated rings. The van der Waals surface area contributed by atoms with Crippen LogP contribution in [0.15, 0.2) is 41.8 Å². The number of benzene rings is 1. The van der Waals surface area contributed by atoms with Gasteiger partial charge in [-0.15, -0.1) is 11.3 Å². The van der Waals surface area contributed by atoms with E-state index < -0.39 is 11.8 Å². The van der Waals surface area contributed by atoms with Gasteiger partial charge in [-0.05, 0) is 35.9 Å². The summed E-state index contributed by atoms with van der Waals surface area (Å²) in [6, 6.07) is 10.7. The van der Waals surface area contributed by atoms with Crippen LogP contribution >= 0.6 is 11.3 Å². The molecule has 3 amide bonds. The average Bonchev–Trinajstić information content (AvgIpc) is 3.46. The van der Waals surface area contributed by atoms with Crippen molar-refractivity contribution in [2.45, 2.75) is 51.8 Å². The van der Waals surface area contributed by atoms with E-state index in [4.69, 9.17) is 4.74 Å². The van der Waals surface area contributed by atoms with Crippen LogP contribution in [0.5, 0.6) is 0 Å². The number of nitrogens with one attached hydrogen (secondary N) is 1. The highest BCUT2D eigenvalue weighted by molar-refractivity contribution is 7.10. The minimum Gasteiger partial charge on any atom is -0.354 e. The van der Waals surface area contributed by atoms with E-state index in [-0.39, 0.29) is 24.3 Å². The van der Waals surface area contributed by atoms with Crippen molar-refractivity contribution in [1.82, 2.24) is 15.1 Å². The van der Waals surface area contributed by atoms with Crippen molar-refractivity contribution in [3.05, 3.63) is 57.8 Å². The van der Waals surface area contributed by atoms with E-state index in [1.165, 1.54) is 0 Å². The summed E-state index contributed by atoms with van der Waals surface area (Å²) < 4.78 is 6.26. The second-order valence-corrected chi connectivity index (χ2v) is 10.6. The zero-order valence-corrected chi connectivity index (χ0v) is 20.9. The molecule has 0 radical (unpaired) electrons. The smallest absolute Gasteiger partial charge is 0.257 e. The van der Waals surface area contributed by atoms with Gasteiger partial charge >= 0.3 is 0 Å². The van der Waals surface area contributed by atoms with Crippen LogP contribution in [0.4, 0.5) is 0 Å². The summed E-state index contributed by atoms with van der Waals surface area (Å²) in [6.07, 6.45) is 1.35. The number of ether oxygens (including phenoxy) is 1. The van der Waals surface area contributed by atoms with Gasteiger partial charge in [0.15, 0.2) is 0 Å². The summed E-state index contributed by atoms with van der Waals surface area (Å²) >= 11 is 1.58. The molecule has 1 aromatic heterocycles. The second-order valence-electron chi connectivity index (χ2n) is 9.54. The first-order chi connectivity index (χ1) is 16.3. The molecule has 2 aromatic rings. The molecule has 182 valence electrons. The Morgan fingerprint density at radius 2 is 1.88 bits per heavy atom. The summed E-state index contributed by atoms with van der Waals surface area (Å²) in [7, 11) is 0. The summed E-state index contributed by atoms with van der Waals surface area (Å²) in [4.78, 5) is 44.3. The quantitative estimate of drug-likeness (QED) is 0.684. The Hall–Kier alpha value is -2.71. The minimum absolute atomic E-state index is 0.0818. The Kier molecular flexibility index (Phi) is 7.38. The van der Waals surface area contributed by atoms with E-state index in [1.54, 1.807) is 22.3 Å². The first-order valence-electron chi connectivity index (χ1n) is 11.9. The van der Waals surface area contributed by atoms with E-state index in [9.17, 15) is 14.4 Å². The summed E-state index contributed by atoms with van der Waals surface area (Å²) in [5, 5.41) is 4.94. The van der Waals surface area contributed by atoms with Crippen molar-refractivity contribution >= 4 is 29.1 Å². The molecule has 0 unspecified atom stereocenters. The fourth-order valence-corrected chi connectivity index (χ4v) is 5.41. The fourth-order valence-electron chi connectivity index (χ4n) is 4.71. The normalized spacial score (nSPS) is 19.6. The second kappa shape index (κ2) is 10.3. The number of rotatable bonds is 6. The third kappa shape index (κ3) is 5.03. The van der Waals surface area contributed by atoms with E-state index >= 15 is 0 Å². The molecule has 34 heavy (non-hydrogen) atoms. The molecule has 3 heterocycles. The van der Waals surface area contributed by atoms with Crippen molar-refractivity contribution in [3.63, 3.8) is 0 Å². The lowest BCUT2D eigenvalue weighted by Crippen LogP contribution is -2.60. The van der Waals surface area contributed by atoms with Crippen LogP contribution in [0.2, 0.25) is 0 Å². The molecule has 1 aromatic carbocycles. The maximum Gasteiger partial charge on any atom is 0.257 e. The Balaban J connectivity index is 1.54. The van der Waals surface area contributed by atoms with Gasteiger partial charge in [0.25, 0.3) is 5.91 Å². The number of nitrogens with zero attached hydrogens (tertiary/aromatic N) is 2. The van der Waals surface area contributed by atoms with Crippen LogP contribution < -0.4 is 5.32 Å². The maximum atomic E-state index is 13.8. The molecule has 1 atom stereocenters. The van der Waals surface area contributed by atoms with Gasteiger partial charge in [0.2, 0.25) is 11.8 Å². The van der Waals surface area contributed by atoms with Gasteiger partial charge in [-0.25, -0.2) is 0 Å². The molecular weight excluding hydrogens is 450 g/mol. The van der Waals surface area contributed by atoms with E-state index in [0.717, 1.165) is 10.4 Å². The molecule has 7 nitrogen and oxygen atoms in total. The average molecular weight is 484 g/mol. The number of hydrogen-bond donors (Lipinski definition) is 1. The number of carbonyl (C=O) groups is 3. The lowest BCUT2D eigenvalue weighted by atomic mass is 9.95. The minimum atomic E-state index is -0.890. The summed E-state index contributed by atoms with van der Waals surface area (Å²) in [5.74, 6) is -0.000907. The molecule has 2 aliphatic rings. The van der Waals surface area contributed by atoms with Crippen LogP contribution in [-0.4, -0.2) is 65.5 Å². The van der Waals surface area contributed by atoms with Gasteiger partial charge in [-0.2, -0.15) is 0 Å². The Morgan fingerprint density at radius 3 is 2.53 bits per heavy atom. The van der Waals surface area contributed by atoms with Crippen molar-refractivity contribution in [3.8, 4) is 0 Å². The molecule has 4 rings (SSSR count). The Labute approximate surface area is 205 Å². The van der Waals surface area contributed by atoms with Gasteiger partial charge < -0.3 is 15.0 Å². The topological polar surface area (TPSA) is 79.0 Å². The number of hydrogen-bond acceptors (Lipinski definition) is 5. The lowest BCUT2D eigenvalue weighted by Gasteiger charge is -2.44. The molecule has 2 aliphatic heterocycles. The van der Waals surface area contributed by atoms with Gasteiger partial charge in [0, 0.05) is 42.9 Å². The molecular formula is C26H33N3O4S. The number of carbonyl (C=O) groups excluding carboxylic acids is 3. The highest BCUT2D eigenvalue weighted by atomic mass is 32.1. The molecule has 2 saturated heterocycles. The van der Waals surface area contributed by atoms with Crippen LogP contribution in [0.1, 0.15) is 47.5 Å². The molecule has 1 N–H and O–H groups in total. The molecule has 8 heteroatoms. The maximum absolute atomic E-state index is 13.8. The van der Waals surface area contributed by atoms with Crippen molar-refractivity contribution < 1.29 is 19.1 Å². The highest BCUT2D eigenvalue weighted by Gasteiger charge is 2.54. The molecule has 0 saturated carbocycles. The highest BCUT2D eigenvalue weighted by Crippen LogP contribution is 2.39. The predicted molar refractivity (Wildman–Crippen MR) is 132 cm³/mol. The van der Waals surface area contributed by atoms with Gasteiger partial charge in [0.1, 0.15) is 11.8 Å². The first-order valence-corrected chi connectivity index (χ1v) is 12.8. The SMILES string of the molecule is Cc1ccccc1C(=O)N1[C@@H](C(=O)NCC(C)C)COC12CCN(C(=O)Cc1cccs1)CC2. The predicted octanol–water partition coefficient (Wildman–Crippen LogP) is 3.23. The standard InChI is InChI=1S/C26H33N3O4S/c1-18(2)16-27-24(31)22-17-33-26(29(22)25(32)21-9-5-4-7-19(21)3)10-12-28(13-11-26)23(30)15-20-8-6-14-34-20/h4-9,14,18,22H,10-13,15-17H2,1-3H3,(H,27,31)/t22-/m1/s1. The Bertz CT molecular complexity index is 1030. The number of piperidine rings is 1. The largest absolute Gasteiger partial charge is 0.354 e. The van der Waals surface area contributed by atoms with Crippen LogP contribution in [0.25, 0.3) is 0 Å². The van der Waals surface area contributed by atoms with E-state index in [1.807, 2.05) is 61.4 Å². The summed E-state index contributed by atoms with van der Waals surface area (Å²) in [6.45, 7) is 7.64. The van der Waals surface area contributed by atoms with Crippen molar-refractivity contribution in [2.24, 2.45) is 5.92 Å². The first kappa shape index (κ1) is 24.4. The molecule has 0 bridgehead atoms. The summed E-state index contributed by atoms with van der Waals surface area (Å²) in [5.41, 5.74) is 0.545. The Morgan fingerprint density at radius 1 is 1.15 bits per heavy atom. The number of aryl methyl sites for hydroxylation is 1. The van der Waals surface area contributed by atoms with E-state index in [2.05, 4.69) is 5.32 Å². The van der Waals surface area contributed by atoms with Crippen LogP contribution in [0.3, 0.4) is 0 Å². The third-order valence-electron chi connectivity index (χ3n) is 6.65.